The SMILES string of the molecule is CCCC(Oc1cccc(CN)c1)C(=O)Nc1ccc(N2CCCCC2=O)c(C)c1. The lowest BCUT2D eigenvalue weighted by Crippen LogP contribution is -2.35. The van der Waals surface area contributed by atoms with Crippen molar-refractivity contribution in [2.45, 2.75) is 58.6 Å². The fraction of sp³-hybridized carbons (Fsp3) is 0.417. The highest BCUT2D eigenvalue weighted by Gasteiger charge is 2.23. The van der Waals surface area contributed by atoms with E-state index in [1.165, 1.54) is 0 Å². The number of nitrogens with one attached hydrogen (secondary N) is 1. The lowest BCUT2D eigenvalue weighted by atomic mass is 10.1. The molecule has 0 bridgehead atoms. The molecule has 0 saturated carbocycles. The van der Waals surface area contributed by atoms with Gasteiger partial charge in [-0.1, -0.05) is 25.5 Å². The average Bonchev–Trinajstić information content (AvgIpc) is 2.74. The summed E-state index contributed by atoms with van der Waals surface area (Å²) in [6.45, 7) is 5.16. The van der Waals surface area contributed by atoms with E-state index >= 15 is 0 Å². The lowest BCUT2D eigenvalue weighted by molar-refractivity contribution is -0.123. The highest BCUT2D eigenvalue weighted by atomic mass is 16.5. The number of nitrogens with zero attached hydrogens (tertiary/aromatic N) is 1. The van der Waals surface area contributed by atoms with Gasteiger partial charge in [0.05, 0.1) is 0 Å². The van der Waals surface area contributed by atoms with Crippen LogP contribution in [-0.2, 0) is 16.1 Å². The van der Waals surface area contributed by atoms with Gasteiger partial charge >= 0.3 is 0 Å². The molecule has 0 spiro atoms. The van der Waals surface area contributed by atoms with Crippen LogP contribution in [0, 0.1) is 6.92 Å². The van der Waals surface area contributed by atoms with Crippen LogP contribution in [0.5, 0.6) is 5.75 Å². The predicted molar refractivity (Wildman–Crippen MR) is 120 cm³/mol. The highest BCUT2D eigenvalue weighted by Crippen LogP contribution is 2.27. The van der Waals surface area contributed by atoms with Gasteiger partial charge in [-0.3, -0.25) is 9.59 Å². The van der Waals surface area contributed by atoms with Crippen LogP contribution in [0.3, 0.4) is 0 Å². The third-order valence-corrected chi connectivity index (χ3v) is 5.33. The van der Waals surface area contributed by atoms with Crippen molar-refractivity contribution in [3.63, 3.8) is 0 Å². The van der Waals surface area contributed by atoms with Gasteiger partial charge in [0, 0.05) is 30.9 Å². The van der Waals surface area contributed by atoms with Crippen molar-refractivity contribution in [3.05, 3.63) is 53.6 Å². The Kier molecular flexibility index (Phi) is 7.46. The zero-order valence-electron chi connectivity index (χ0n) is 17.8. The molecule has 1 heterocycles. The quantitative estimate of drug-likeness (QED) is 0.686. The molecule has 160 valence electrons. The smallest absolute Gasteiger partial charge is 0.265 e. The van der Waals surface area contributed by atoms with E-state index < -0.39 is 6.10 Å². The fourth-order valence-electron chi connectivity index (χ4n) is 3.74. The first-order chi connectivity index (χ1) is 14.5. The number of hydrogen-bond acceptors (Lipinski definition) is 4. The number of carbonyl (C=O) groups excluding carboxylic acids is 2. The Hall–Kier alpha value is -2.86. The van der Waals surface area contributed by atoms with Gasteiger partial charge in [0.2, 0.25) is 5.91 Å². The van der Waals surface area contributed by atoms with Crippen LogP contribution in [-0.4, -0.2) is 24.5 Å². The molecule has 2 amide bonds. The van der Waals surface area contributed by atoms with Crippen molar-refractivity contribution < 1.29 is 14.3 Å². The van der Waals surface area contributed by atoms with Gasteiger partial charge in [-0.15, -0.1) is 0 Å². The van der Waals surface area contributed by atoms with Crippen LogP contribution in [0.1, 0.15) is 50.2 Å². The number of aryl methyl sites for hydroxylation is 1. The summed E-state index contributed by atoms with van der Waals surface area (Å²) in [6, 6.07) is 13.2. The summed E-state index contributed by atoms with van der Waals surface area (Å²) in [5.74, 6) is 0.621. The molecule has 1 aliphatic rings. The number of benzene rings is 2. The average molecular weight is 410 g/mol. The maximum atomic E-state index is 12.9. The van der Waals surface area contributed by atoms with E-state index in [2.05, 4.69) is 5.32 Å². The van der Waals surface area contributed by atoms with Crippen LogP contribution in [0.25, 0.3) is 0 Å². The number of nitrogens with two attached hydrogens (primary N) is 1. The third-order valence-electron chi connectivity index (χ3n) is 5.33. The summed E-state index contributed by atoms with van der Waals surface area (Å²) in [4.78, 5) is 27.0. The van der Waals surface area contributed by atoms with Crippen LogP contribution in [0.15, 0.2) is 42.5 Å². The van der Waals surface area contributed by atoms with Gasteiger partial charge in [0.25, 0.3) is 5.91 Å². The van der Waals surface area contributed by atoms with Gasteiger partial charge in [0.1, 0.15) is 5.75 Å². The van der Waals surface area contributed by atoms with Crippen LogP contribution in [0.2, 0.25) is 0 Å². The first kappa shape index (κ1) is 21.8. The maximum absolute atomic E-state index is 12.9. The Morgan fingerprint density at radius 2 is 2.07 bits per heavy atom. The second-order valence-electron chi connectivity index (χ2n) is 7.74. The molecular formula is C24H31N3O3. The molecule has 1 fully saturated rings. The Balaban J connectivity index is 1.70. The summed E-state index contributed by atoms with van der Waals surface area (Å²) >= 11 is 0. The Labute approximate surface area is 178 Å². The minimum atomic E-state index is -0.591. The molecule has 3 rings (SSSR count). The van der Waals surface area contributed by atoms with E-state index in [4.69, 9.17) is 10.5 Å². The van der Waals surface area contributed by atoms with Crippen molar-refractivity contribution in [3.8, 4) is 5.75 Å². The molecule has 0 aliphatic carbocycles. The summed E-state index contributed by atoms with van der Waals surface area (Å²) in [5, 5.41) is 2.97. The van der Waals surface area contributed by atoms with E-state index in [1.807, 2.05) is 61.2 Å². The zero-order valence-corrected chi connectivity index (χ0v) is 17.8. The number of amides is 2. The molecule has 6 heteroatoms. The summed E-state index contributed by atoms with van der Waals surface area (Å²) in [7, 11) is 0. The number of ether oxygens (including phenoxy) is 1. The lowest BCUT2D eigenvalue weighted by Gasteiger charge is -2.28. The fourth-order valence-corrected chi connectivity index (χ4v) is 3.74. The van der Waals surface area contributed by atoms with E-state index in [-0.39, 0.29) is 11.8 Å². The molecule has 1 atom stereocenters. The van der Waals surface area contributed by atoms with E-state index in [0.717, 1.165) is 42.6 Å². The van der Waals surface area contributed by atoms with Crippen molar-refractivity contribution in [2.75, 3.05) is 16.8 Å². The van der Waals surface area contributed by atoms with Crippen LogP contribution >= 0.6 is 0 Å². The molecule has 0 radical (unpaired) electrons. The predicted octanol–water partition coefficient (Wildman–Crippen LogP) is 4.16. The minimum absolute atomic E-state index is 0.164. The number of anilines is 2. The van der Waals surface area contributed by atoms with Gasteiger partial charge in [-0.05, 0) is 67.6 Å². The van der Waals surface area contributed by atoms with Gasteiger partial charge in [-0.25, -0.2) is 0 Å². The second kappa shape index (κ2) is 10.3. The van der Waals surface area contributed by atoms with Crippen LogP contribution in [0.4, 0.5) is 11.4 Å². The van der Waals surface area contributed by atoms with Crippen molar-refractivity contribution in [1.82, 2.24) is 0 Å². The van der Waals surface area contributed by atoms with Crippen molar-refractivity contribution >= 4 is 23.2 Å². The molecule has 1 unspecified atom stereocenters. The Morgan fingerprint density at radius 1 is 1.23 bits per heavy atom. The van der Waals surface area contributed by atoms with Crippen molar-refractivity contribution in [2.24, 2.45) is 5.73 Å². The molecular weight excluding hydrogens is 378 g/mol. The van der Waals surface area contributed by atoms with Gasteiger partial charge in [-0.2, -0.15) is 0 Å². The van der Waals surface area contributed by atoms with E-state index in [1.54, 1.807) is 0 Å². The molecule has 2 aromatic rings. The first-order valence-corrected chi connectivity index (χ1v) is 10.7. The molecule has 1 aliphatic heterocycles. The van der Waals surface area contributed by atoms with E-state index in [0.29, 0.717) is 30.8 Å². The number of hydrogen-bond donors (Lipinski definition) is 2. The van der Waals surface area contributed by atoms with Crippen LogP contribution < -0.4 is 20.7 Å². The van der Waals surface area contributed by atoms with E-state index in [9.17, 15) is 9.59 Å². The number of rotatable bonds is 8. The molecule has 6 nitrogen and oxygen atoms in total. The molecule has 30 heavy (non-hydrogen) atoms. The second-order valence-corrected chi connectivity index (χ2v) is 7.74. The third kappa shape index (κ3) is 5.39. The Morgan fingerprint density at radius 3 is 2.77 bits per heavy atom. The highest BCUT2D eigenvalue weighted by molar-refractivity contribution is 5.97. The zero-order chi connectivity index (χ0) is 21.5. The molecule has 1 saturated heterocycles. The number of piperidine rings is 1. The maximum Gasteiger partial charge on any atom is 0.265 e. The van der Waals surface area contributed by atoms with Gasteiger partial charge in [0.15, 0.2) is 6.10 Å². The molecule has 2 aromatic carbocycles. The summed E-state index contributed by atoms with van der Waals surface area (Å²) in [6.07, 6.45) is 3.41. The minimum Gasteiger partial charge on any atom is -0.481 e. The molecule has 0 aromatic heterocycles. The van der Waals surface area contributed by atoms with Crippen molar-refractivity contribution in [1.29, 1.82) is 0 Å². The topological polar surface area (TPSA) is 84.7 Å². The monoisotopic (exact) mass is 409 g/mol. The normalized spacial score (nSPS) is 15.0. The summed E-state index contributed by atoms with van der Waals surface area (Å²) < 4.78 is 5.97. The number of carbonyl (C=O) groups is 2. The Bertz CT molecular complexity index is 897. The molecule has 3 N–H and O–H groups in total. The standard InChI is InChI=1S/C24H31N3O3/c1-3-7-22(30-20-9-6-8-18(15-20)16-25)24(29)26-19-11-12-21(17(2)14-19)27-13-5-4-10-23(27)28/h6,8-9,11-12,14-15,22H,3-5,7,10,13,16,25H2,1-2H3,(H,26,29). The summed E-state index contributed by atoms with van der Waals surface area (Å²) in [5.41, 5.74) is 9.24. The van der Waals surface area contributed by atoms with Gasteiger partial charge < -0.3 is 20.7 Å². The first-order valence-electron chi connectivity index (χ1n) is 10.7. The largest absolute Gasteiger partial charge is 0.481 e.